The number of hydrogen-bond donors (Lipinski definition) is 3. The fraction of sp³-hybridized carbons (Fsp3) is 0.385. The molecule has 6 nitrogen and oxygen atoms in total. The first-order valence-corrected chi connectivity index (χ1v) is 5.98. The highest BCUT2D eigenvalue weighted by Crippen LogP contribution is 2.23. The molecule has 0 aliphatic rings. The van der Waals surface area contributed by atoms with Gasteiger partial charge in [-0.1, -0.05) is 0 Å². The van der Waals surface area contributed by atoms with Crippen molar-refractivity contribution >= 4 is 17.5 Å². The third kappa shape index (κ3) is 4.97. The third-order valence-electron chi connectivity index (χ3n) is 2.42. The van der Waals surface area contributed by atoms with Gasteiger partial charge in [0.05, 0.1) is 13.5 Å². The minimum absolute atomic E-state index is 0.135. The van der Waals surface area contributed by atoms with Crippen LogP contribution in [0.1, 0.15) is 12.5 Å². The van der Waals surface area contributed by atoms with Gasteiger partial charge in [0, 0.05) is 31.3 Å². The summed E-state index contributed by atoms with van der Waals surface area (Å²) in [7, 11) is 1.54. The lowest BCUT2D eigenvalue weighted by atomic mass is 10.1. The van der Waals surface area contributed by atoms with Crippen LogP contribution in [-0.4, -0.2) is 32.0 Å². The molecule has 0 heterocycles. The molecule has 4 N–H and O–H groups in total. The number of rotatable bonds is 6. The largest absolute Gasteiger partial charge is 0.496 e. The molecule has 0 aromatic heterocycles. The van der Waals surface area contributed by atoms with E-state index in [1.807, 2.05) is 0 Å². The van der Waals surface area contributed by atoms with Crippen LogP contribution >= 0.6 is 0 Å². The lowest BCUT2D eigenvalue weighted by Gasteiger charge is -2.11. The zero-order chi connectivity index (χ0) is 14.3. The monoisotopic (exact) mass is 265 g/mol. The summed E-state index contributed by atoms with van der Waals surface area (Å²) in [6.45, 7) is 2.26. The van der Waals surface area contributed by atoms with Crippen molar-refractivity contribution in [2.75, 3.05) is 25.5 Å². The lowest BCUT2D eigenvalue weighted by molar-refractivity contribution is -0.120. The van der Waals surface area contributed by atoms with Crippen LogP contribution in [0, 0.1) is 0 Å². The molecule has 2 amide bonds. The van der Waals surface area contributed by atoms with Crippen LogP contribution in [-0.2, 0) is 16.0 Å². The number of ether oxygens (including phenoxy) is 1. The summed E-state index contributed by atoms with van der Waals surface area (Å²) in [6.07, 6.45) is 0.177. The molecule has 6 heteroatoms. The quantitative estimate of drug-likeness (QED) is 0.688. The zero-order valence-electron chi connectivity index (χ0n) is 11.2. The first-order valence-electron chi connectivity index (χ1n) is 5.98. The van der Waals surface area contributed by atoms with Crippen LogP contribution in [0.4, 0.5) is 5.69 Å². The lowest BCUT2D eigenvalue weighted by Crippen LogP contribution is -2.30. The summed E-state index contributed by atoms with van der Waals surface area (Å²) < 4.78 is 5.19. The number of nitrogens with two attached hydrogens (primary N) is 1. The number of carbonyl (C=O) groups is 2. The second-order valence-electron chi connectivity index (χ2n) is 4.02. The summed E-state index contributed by atoms with van der Waals surface area (Å²) in [6, 6.07) is 5.17. The molecule has 0 saturated carbocycles. The Kier molecular flexibility index (Phi) is 5.81. The van der Waals surface area contributed by atoms with E-state index >= 15 is 0 Å². The van der Waals surface area contributed by atoms with E-state index in [2.05, 4.69) is 10.6 Å². The molecule has 1 aromatic rings. The van der Waals surface area contributed by atoms with E-state index in [-0.39, 0.29) is 18.2 Å². The summed E-state index contributed by atoms with van der Waals surface area (Å²) >= 11 is 0. The predicted octanol–water partition coefficient (Wildman–Crippen LogP) is 0.271. The van der Waals surface area contributed by atoms with E-state index in [0.29, 0.717) is 30.1 Å². The van der Waals surface area contributed by atoms with Crippen LogP contribution in [0.25, 0.3) is 0 Å². The molecule has 0 aliphatic carbocycles. The fourth-order valence-corrected chi connectivity index (χ4v) is 1.64. The first kappa shape index (κ1) is 15.0. The maximum atomic E-state index is 11.7. The highest BCUT2D eigenvalue weighted by atomic mass is 16.5. The average molecular weight is 265 g/mol. The van der Waals surface area contributed by atoms with Gasteiger partial charge in [-0.3, -0.25) is 9.59 Å². The van der Waals surface area contributed by atoms with Gasteiger partial charge in [0.15, 0.2) is 0 Å². The third-order valence-corrected chi connectivity index (χ3v) is 2.42. The Morgan fingerprint density at radius 2 is 2.11 bits per heavy atom. The molecule has 0 spiro atoms. The van der Waals surface area contributed by atoms with Crippen LogP contribution in [0.15, 0.2) is 18.2 Å². The van der Waals surface area contributed by atoms with E-state index < -0.39 is 0 Å². The van der Waals surface area contributed by atoms with Gasteiger partial charge in [-0.05, 0) is 18.2 Å². The maximum absolute atomic E-state index is 11.7. The number of anilines is 1. The van der Waals surface area contributed by atoms with Gasteiger partial charge in [-0.25, -0.2) is 0 Å². The minimum Gasteiger partial charge on any atom is -0.496 e. The molecular formula is C13H19N3O3. The second kappa shape index (κ2) is 7.38. The van der Waals surface area contributed by atoms with E-state index in [4.69, 9.17) is 10.5 Å². The van der Waals surface area contributed by atoms with E-state index in [1.54, 1.807) is 18.2 Å². The Hall–Kier alpha value is -2.08. The standard InChI is InChI=1S/C13H19N3O3/c1-9(17)16-11-3-4-12(19-2)10(7-11)8-13(18)15-6-5-14/h3-4,7H,5-6,8,14H2,1-2H3,(H,15,18)(H,16,17). The van der Waals surface area contributed by atoms with E-state index in [0.717, 1.165) is 0 Å². The molecule has 1 aromatic carbocycles. The summed E-state index contributed by atoms with van der Waals surface area (Å²) in [5.41, 5.74) is 6.66. The maximum Gasteiger partial charge on any atom is 0.224 e. The average Bonchev–Trinajstić information content (AvgIpc) is 2.36. The van der Waals surface area contributed by atoms with Crippen molar-refractivity contribution in [3.8, 4) is 5.75 Å². The van der Waals surface area contributed by atoms with Crippen molar-refractivity contribution in [1.29, 1.82) is 0 Å². The van der Waals surface area contributed by atoms with Gasteiger partial charge in [0.25, 0.3) is 0 Å². The molecular weight excluding hydrogens is 246 g/mol. The Morgan fingerprint density at radius 1 is 1.37 bits per heavy atom. The topological polar surface area (TPSA) is 93.4 Å². The number of amides is 2. The van der Waals surface area contributed by atoms with Crippen molar-refractivity contribution in [1.82, 2.24) is 5.32 Å². The fourth-order valence-electron chi connectivity index (χ4n) is 1.64. The molecule has 0 atom stereocenters. The Bertz CT molecular complexity index is 460. The molecule has 0 saturated heterocycles. The summed E-state index contributed by atoms with van der Waals surface area (Å²) in [5.74, 6) is 0.310. The van der Waals surface area contributed by atoms with Crippen molar-refractivity contribution < 1.29 is 14.3 Å². The molecule has 19 heavy (non-hydrogen) atoms. The van der Waals surface area contributed by atoms with Crippen LogP contribution in [0.3, 0.4) is 0 Å². The van der Waals surface area contributed by atoms with E-state index in [1.165, 1.54) is 14.0 Å². The predicted molar refractivity (Wildman–Crippen MR) is 73.1 cm³/mol. The molecule has 0 aliphatic heterocycles. The van der Waals surface area contributed by atoms with Crippen molar-refractivity contribution in [3.05, 3.63) is 23.8 Å². The molecule has 0 fully saturated rings. The second-order valence-corrected chi connectivity index (χ2v) is 4.02. The van der Waals surface area contributed by atoms with Crippen molar-refractivity contribution in [3.63, 3.8) is 0 Å². The van der Waals surface area contributed by atoms with Gasteiger partial charge >= 0.3 is 0 Å². The van der Waals surface area contributed by atoms with Gasteiger partial charge < -0.3 is 21.1 Å². The number of nitrogens with one attached hydrogen (secondary N) is 2. The highest BCUT2D eigenvalue weighted by Gasteiger charge is 2.10. The number of methoxy groups -OCH3 is 1. The van der Waals surface area contributed by atoms with Crippen molar-refractivity contribution in [2.24, 2.45) is 5.73 Å². The number of hydrogen-bond acceptors (Lipinski definition) is 4. The molecule has 104 valence electrons. The Labute approximate surface area is 112 Å². The molecule has 0 bridgehead atoms. The van der Waals surface area contributed by atoms with Crippen LogP contribution in [0.2, 0.25) is 0 Å². The smallest absolute Gasteiger partial charge is 0.224 e. The molecule has 0 unspecified atom stereocenters. The number of carbonyl (C=O) groups excluding carboxylic acids is 2. The molecule has 1 rings (SSSR count). The Balaban J connectivity index is 2.83. The van der Waals surface area contributed by atoms with E-state index in [9.17, 15) is 9.59 Å². The minimum atomic E-state index is -0.163. The number of benzene rings is 1. The van der Waals surface area contributed by atoms with Gasteiger partial charge in [0.1, 0.15) is 5.75 Å². The van der Waals surface area contributed by atoms with Crippen molar-refractivity contribution in [2.45, 2.75) is 13.3 Å². The normalized spacial score (nSPS) is 9.84. The zero-order valence-corrected chi connectivity index (χ0v) is 11.2. The Morgan fingerprint density at radius 3 is 2.68 bits per heavy atom. The van der Waals surface area contributed by atoms with Gasteiger partial charge in [-0.2, -0.15) is 0 Å². The summed E-state index contributed by atoms with van der Waals surface area (Å²) in [5, 5.41) is 5.35. The van der Waals surface area contributed by atoms with Gasteiger partial charge in [0.2, 0.25) is 11.8 Å². The van der Waals surface area contributed by atoms with Crippen LogP contribution < -0.4 is 21.1 Å². The highest BCUT2D eigenvalue weighted by molar-refractivity contribution is 5.89. The summed E-state index contributed by atoms with van der Waals surface area (Å²) in [4.78, 5) is 22.7. The first-order chi connectivity index (χ1) is 9.06. The SMILES string of the molecule is COc1ccc(NC(C)=O)cc1CC(=O)NCCN. The molecule has 0 radical (unpaired) electrons. The van der Waals surface area contributed by atoms with Crippen LogP contribution in [0.5, 0.6) is 5.75 Å². The van der Waals surface area contributed by atoms with Gasteiger partial charge in [-0.15, -0.1) is 0 Å².